The molecule has 0 aliphatic heterocycles. The molecule has 3 aromatic rings. The molecule has 0 saturated heterocycles. The Morgan fingerprint density at radius 1 is 0.960 bits per heavy atom. The van der Waals surface area contributed by atoms with Gasteiger partial charge in [-0.2, -0.15) is 13.2 Å². The van der Waals surface area contributed by atoms with Crippen molar-refractivity contribution in [3.63, 3.8) is 0 Å². The highest BCUT2D eigenvalue weighted by Gasteiger charge is 2.33. The highest BCUT2D eigenvalue weighted by atomic mass is 127. The van der Waals surface area contributed by atoms with Gasteiger partial charge in [0.05, 0.1) is 17.4 Å². The first-order valence-electron chi connectivity index (χ1n) is 6.83. The van der Waals surface area contributed by atoms with E-state index in [1.807, 2.05) is 22.6 Å². The van der Waals surface area contributed by atoms with Crippen molar-refractivity contribution in [3.8, 4) is 22.8 Å². The molecule has 0 N–H and O–H groups in total. The van der Waals surface area contributed by atoms with Gasteiger partial charge in [-0.15, -0.1) is 0 Å². The lowest BCUT2D eigenvalue weighted by molar-refractivity contribution is -0.138. The average molecular weight is 466 g/mol. The predicted octanol–water partition coefficient (Wildman–Crippen LogP) is 6.64. The Morgan fingerprint density at radius 3 is 2.20 bits per heavy atom. The monoisotopic (exact) mass is 466 g/mol. The van der Waals surface area contributed by atoms with Gasteiger partial charge in [-0.25, -0.2) is 8.78 Å². The fourth-order valence-corrected chi connectivity index (χ4v) is 2.61. The van der Waals surface area contributed by atoms with E-state index in [4.69, 9.17) is 9.15 Å². The van der Waals surface area contributed by atoms with E-state index in [0.717, 1.165) is 0 Å². The Balaban J connectivity index is 2.05. The van der Waals surface area contributed by atoms with E-state index in [2.05, 4.69) is 0 Å². The predicted molar refractivity (Wildman–Crippen MR) is 88.3 cm³/mol. The summed E-state index contributed by atoms with van der Waals surface area (Å²) < 4.78 is 77.1. The minimum Gasteiger partial charge on any atom is -0.464 e. The average Bonchev–Trinajstić information content (AvgIpc) is 3.04. The smallest absolute Gasteiger partial charge is 0.416 e. The molecule has 1 aromatic heterocycles. The van der Waals surface area contributed by atoms with Crippen LogP contribution in [0.4, 0.5) is 22.0 Å². The van der Waals surface area contributed by atoms with E-state index in [1.165, 1.54) is 12.3 Å². The highest BCUT2D eigenvalue weighted by molar-refractivity contribution is 14.1. The van der Waals surface area contributed by atoms with E-state index in [-0.39, 0.29) is 17.9 Å². The SMILES string of the molecule is Fc1cc(C(F)(F)F)cc(F)c1Oc1cc(I)ccc1-c1ccco1. The number of ether oxygens (including phenoxy) is 1. The fraction of sp³-hybridized carbons (Fsp3) is 0.0588. The topological polar surface area (TPSA) is 22.4 Å². The van der Waals surface area contributed by atoms with E-state index in [9.17, 15) is 22.0 Å². The minimum atomic E-state index is -4.86. The highest BCUT2D eigenvalue weighted by Crippen LogP contribution is 2.39. The van der Waals surface area contributed by atoms with Crippen molar-refractivity contribution in [3.05, 3.63) is 69.5 Å². The lowest BCUT2D eigenvalue weighted by Gasteiger charge is -2.14. The standard InChI is InChI=1S/C17H8F5IO2/c18-12-6-9(17(20,21)22)7-13(19)16(12)25-15-8-10(23)3-4-11(15)14-2-1-5-24-14/h1-8H. The van der Waals surface area contributed by atoms with Crippen molar-refractivity contribution in [2.24, 2.45) is 0 Å². The van der Waals surface area contributed by atoms with Gasteiger partial charge in [-0.1, -0.05) is 0 Å². The third-order valence-corrected chi connectivity index (χ3v) is 3.94. The van der Waals surface area contributed by atoms with Gasteiger partial charge in [0.1, 0.15) is 11.5 Å². The first kappa shape index (κ1) is 17.7. The maximum Gasteiger partial charge on any atom is 0.416 e. The van der Waals surface area contributed by atoms with Crippen LogP contribution in [0.15, 0.2) is 53.1 Å². The van der Waals surface area contributed by atoms with Crippen molar-refractivity contribution in [2.75, 3.05) is 0 Å². The van der Waals surface area contributed by atoms with E-state index in [0.29, 0.717) is 14.9 Å². The summed E-state index contributed by atoms with van der Waals surface area (Å²) in [5, 5.41) is 0. The largest absolute Gasteiger partial charge is 0.464 e. The van der Waals surface area contributed by atoms with E-state index in [1.54, 1.807) is 24.3 Å². The van der Waals surface area contributed by atoms with E-state index >= 15 is 0 Å². The van der Waals surface area contributed by atoms with Crippen LogP contribution in [0.3, 0.4) is 0 Å². The summed E-state index contributed by atoms with van der Waals surface area (Å²) >= 11 is 1.97. The van der Waals surface area contributed by atoms with Crippen LogP contribution < -0.4 is 4.74 Å². The van der Waals surface area contributed by atoms with E-state index < -0.39 is 29.1 Å². The second-order valence-electron chi connectivity index (χ2n) is 4.99. The molecule has 0 radical (unpaired) electrons. The molecule has 0 fully saturated rings. The van der Waals surface area contributed by atoms with Crippen molar-refractivity contribution in [2.45, 2.75) is 6.18 Å². The van der Waals surface area contributed by atoms with Crippen LogP contribution in [0, 0.1) is 15.2 Å². The maximum absolute atomic E-state index is 14.0. The number of hydrogen-bond acceptors (Lipinski definition) is 2. The third-order valence-electron chi connectivity index (χ3n) is 3.27. The van der Waals surface area contributed by atoms with Crippen molar-refractivity contribution < 1.29 is 31.1 Å². The Morgan fingerprint density at radius 2 is 1.64 bits per heavy atom. The molecule has 130 valence electrons. The molecule has 0 aliphatic rings. The summed E-state index contributed by atoms with van der Waals surface area (Å²) in [7, 11) is 0. The molecule has 0 atom stereocenters. The number of benzene rings is 2. The summed E-state index contributed by atoms with van der Waals surface area (Å²) in [6.45, 7) is 0. The van der Waals surface area contributed by atoms with Gasteiger partial charge in [-0.3, -0.25) is 0 Å². The summed E-state index contributed by atoms with van der Waals surface area (Å²) in [5.74, 6) is -3.37. The minimum absolute atomic E-state index is 0.0550. The molecule has 2 aromatic carbocycles. The number of alkyl halides is 3. The summed E-state index contributed by atoms with van der Waals surface area (Å²) in [6.07, 6.45) is -3.45. The number of rotatable bonds is 3. The molecule has 8 heteroatoms. The van der Waals surface area contributed by atoms with Gasteiger partial charge >= 0.3 is 6.18 Å². The summed E-state index contributed by atoms with van der Waals surface area (Å²) in [6, 6.07) is 8.47. The van der Waals surface area contributed by atoms with Gasteiger partial charge in [0.2, 0.25) is 0 Å². The van der Waals surface area contributed by atoms with Gasteiger partial charge < -0.3 is 9.15 Å². The molecule has 0 saturated carbocycles. The Bertz CT molecular complexity index is 881. The zero-order chi connectivity index (χ0) is 18.2. The zero-order valence-corrected chi connectivity index (χ0v) is 14.4. The van der Waals surface area contributed by atoms with Crippen LogP contribution in [0.5, 0.6) is 11.5 Å². The molecule has 1 heterocycles. The molecular weight excluding hydrogens is 458 g/mol. The number of furan rings is 1. The van der Waals surface area contributed by atoms with Crippen LogP contribution >= 0.6 is 22.6 Å². The zero-order valence-electron chi connectivity index (χ0n) is 12.2. The lowest BCUT2D eigenvalue weighted by atomic mass is 10.1. The van der Waals surface area contributed by atoms with Gasteiger partial charge in [0, 0.05) is 3.57 Å². The molecule has 0 amide bonds. The van der Waals surface area contributed by atoms with Gasteiger partial charge in [-0.05, 0) is 65.1 Å². The normalized spacial score (nSPS) is 11.6. The molecule has 0 bridgehead atoms. The number of hydrogen-bond donors (Lipinski definition) is 0. The molecule has 25 heavy (non-hydrogen) atoms. The van der Waals surface area contributed by atoms with Crippen LogP contribution in [0.1, 0.15) is 5.56 Å². The Labute approximate surface area is 152 Å². The number of halogens is 6. The quantitative estimate of drug-likeness (QED) is 0.319. The third kappa shape index (κ3) is 3.78. The Kier molecular flexibility index (Phi) is 4.72. The van der Waals surface area contributed by atoms with Crippen LogP contribution in [-0.2, 0) is 6.18 Å². The first-order chi connectivity index (χ1) is 11.8. The molecule has 0 aliphatic carbocycles. The van der Waals surface area contributed by atoms with Crippen LogP contribution in [0.2, 0.25) is 0 Å². The van der Waals surface area contributed by atoms with Crippen LogP contribution in [-0.4, -0.2) is 0 Å². The van der Waals surface area contributed by atoms with Crippen LogP contribution in [0.25, 0.3) is 11.3 Å². The van der Waals surface area contributed by atoms with Gasteiger partial charge in [0.15, 0.2) is 17.4 Å². The lowest BCUT2D eigenvalue weighted by Crippen LogP contribution is -2.07. The maximum atomic E-state index is 14.0. The van der Waals surface area contributed by atoms with Gasteiger partial charge in [0.25, 0.3) is 0 Å². The fourth-order valence-electron chi connectivity index (χ4n) is 2.15. The van der Waals surface area contributed by atoms with Crippen molar-refractivity contribution in [1.29, 1.82) is 0 Å². The second-order valence-corrected chi connectivity index (χ2v) is 6.23. The molecular formula is C17H8F5IO2. The summed E-state index contributed by atoms with van der Waals surface area (Å²) in [5.41, 5.74) is -1.02. The van der Waals surface area contributed by atoms with Crippen molar-refractivity contribution in [1.82, 2.24) is 0 Å². The second kappa shape index (κ2) is 6.66. The summed E-state index contributed by atoms with van der Waals surface area (Å²) in [4.78, 5) is 0. The molecule has 3 rings (SSSR count). The Hall–Kier alpha value is -2.10. The van der Waals surface area contributed by atoms with Crippen molar-refractivity contribution >= 4 is 22.6 Å². The molecule has 2 nitrogen and oxygen atoms in total. The molecule has 0 spiro atoms. The first-order valence-corrected chi connectivity index (χ1v) is 7.91. The molecule has 0 unspecified atom stereocenters.